The highest BCUT2D eigenvalue weighted by Crippen LogP contribution is 2.41. The molecule has 3 rings (SSSR count). The molecular weight excluding hydrogens is 218 g/mol. The Labute approximate surface area is 100 Å². The summed E-state index contributed by atoms with van der Waals surface area (Å²) in [6.45, 7) is 3.87. The summed E-state index contributed by atoms with van der Waals surface area (Å²) in [4.78, 5) is 2.38. The summed E-state index contributed by atoms with van der Waals surface area (Å²) in [6.07, 6.45) is 7.33. The molecule has 84 valence electrons. The fourth-order valence-corrected chi connectivity index (χ4v) is 3.72. The van der Waals surface area contributed by atoms with Crippen LogP contribution in [0, 0.1) is 17.8 Å². The first-order valence-corrected chi connectivity index (χ1v) is 6.71. The molecule has 4 heteroatoms. The van der Waals surface area contributed by atoms with Gasteiger partial charge in [-0.1, -0.05) is 5.92 Å². The molecule has 0 aromatic carbocycles. The second kappa shape index (κ2) is 3.83. The van der Waals surface area contributed by atoms with Crippen LogP contribution in [-0.4, -0.2) is 39.3 Å². The van der Waals surface area contributed by atoms with Crippen LogP contribution in [0.25, 0.3) is 0 Å². The number of rotatable bonds is 1. The first kappa shape index (κ1) is 10.2. The smallest absolute Gasteiger partial charge is 0.0602 e. The Morgan fingerprint density at radius 3 is 3.06 bits per heavy atom. The van der Waals surface area contributed by atoms with Gasteiger partial charge in [-0.3, -0.25) is 9.58 Å². The molecule has 0 aliphatic carbocycles. The molecular formula is C12H15N3S. The molecule has 0 N–H and O–H groups in total. The minimum atomic E-state index is 0.415. The van der Waals surface area contributed by atoms with Gasteiger partial charge in [0.15, 0.2) is 0 Å². The summed E-state index contributed by atoms with van der Waals surface area (Å²) in [5, 5.41) is 4.42. The molecule has 1 spiro atoms. The summed E-state index contributed by atoms with van der Waals surface area (Å²) in [5.74, 6) is 5.25. The van der Waals surface area contributed by atoms with Crippen LogP contribution in [-0.2, 0) is 13.1 Å². The minimum Gasteiger partial charge on any atom is -0.286 e. The second-order valence-corrected chi connectivity index (χ2v) is 5.81. The van der Waals surface area contributed by atoms with Crippen molar-refractivity contribution in [2.45, 2.75) is 13.1 Å². The van der Waals surface area contributed by atoms with E-state index in [2.05, 4.69) is 26.7 Å². The SMILES string of the molecule is C#CCN1Cc2ccnn2CC2(CSC2)C1. The van der Waals surface area contributed by atoms with Crippen LogP contribution in [0.5, 0.6) is 0 Å². The zero-order valence-electron chi connectivity index (χ0n) is 9.22. The number of aromatic nitrogens is 2. The quantitative estimate of drug-likeness (QED) is 0.677. The highest BCUT2D eigenvalue weighted by molar-refractivity contribution is 8.00. The molecule has 2 aliphatic heterocycles. The van der Waals surface area contributed by atoms with E-state index in [4.69, 9.17) is 6.42 Å². The summed E-state index contributed by atoms with van der Waals surface area (Å²) in [6, 6.07) is 2.11. The number of terminal acetylenes is 1. The van der Waals surface area contributed by atoms with Crippen molar-refractivity contribution >= 4 is 11.8 Å². The highest BCUT2D eigenvalue weighted by atomic mass is 32.2. The molecule has 0 atom stereocenters. The van der Waals surface area contributed by atoms with Crippen molar-refractivity contribution in [3.05, 3.63) is 18.0 Å². The van der Waals surface area contributed by atoms with E-state index in [0.29, 0.717) is 5.41 Å². The predicted octanol–water partition coefficient (Wildman–Crippen LogP) is 1.07. The third-order valence-electron chi connectivity index (χ3n) is 3.37. The predicted molar refractivity (Wildman–Crippen MR) is 66.1 cm³/mol. The lowest BCUT2D eigenvalue weighted by Gasteiger charge is -2.42. The lowest BCUT2D eigenvalue weighted by atomic mass is 9.91. The third kappa shape index (κ3) is 1.64. The Hall–Kier alpha value is -0.920. The number of hydrogen-bond acceptors (Lipinski definition) is 3. The van der Waals surface area contributed by atoms with Crippen LogP contribution in [0.3, 0.4) is 0 Å². The zero-order valence-corrected chi connectivity index (χ0v) is 10.0. The van der Waals surface area contributed by atoms with Gasteiger partial charge < -0.3 is 0 Å². The Balaban J connectivity index is 1.89. The van der Waals surface area contributed by atoms with E-state index in [9.17, 15) is 0 Å². The number of hydrogen-bond donors (Lipinski definition) is 0. The normalized spacial score (nSPS) is 23.2. The van der Waals surface area contributed by atoms with Gasteiger partial charge in [0.05, 0.1) is 12.2 Å². The van der Waals surface area contributed by atoms with Gasteiger partial charge in [0.2, 0.25) is 0 Å². The molecule has 3 nitrogen and oxygen atoms in total. The molecule has 0 saturated carbocycles. The monoisotopic (exact) mass is 233 g/mol. The largest absolute Gasteiger partial charge is 0.286 e. The fraction of sp³-hybridized carbons (Fsp3) is 0.583. The van der Waals surface area contributed by atoms with Gasteiger partial charge >= 0.3 is 0 Å². The average molecular weight is 233 g/mol. The summed E-state index contributed by atoms with van der Waals surface area (Å²) in [7, 11) is 0. The molecule has 1 saturated heterocycles. The van der Waals surface area contributed by atoms with Crippen LogP contribution in [0.4, 0.5) is 0 Å². The molecule has 0 bridgehead atoms. The standard InChI is InChI=1S/C12H15N3S/c1-2-5-14-6-11-3-4-13-15(11)8-12(7-14)9-16-10-12/h1,3-4H,5-10H2. The van der Waals surface area contributed by atoms with Gasteiger partial charge in [0, 0.05) is 42.8 Å². The molecule has 2 aliphatic rings. The van der Waals surface area contributed by atoms with Crippen molar-refractivity contribution in [1.82, 2.24) is 14.7 Å². The molecule has 0 unspecified atom stereocenters. The van der Waals surface area contributed by atoms with Gasteiger partial charge in [-0.05, 0) is 6.07 Å². The van der Waals surface area contributed by atoms with Crippen LogP contribution in [0.1, 0.15) is 5.69 Å². The van der Waals surface area contributed by atoms with E-state index in [1.165, 1.54) is 17.2 Å². The van der Waals surface area contributed by atoms with Crippen molar-refractivity contribution in [3.63, 3.8) is 0 Å². The van der Waals surface area contributed by atoms with Crippen molar-refractivity contribution < 1.29 is 0 Å². The van der Waals surface area contributed by atoms with Crippen LogP contribution < -0.4 is 0 Å². The molecule has 3 heterocycles. The highest BCUT2D eigenvalue weighted by Gasteiger charge is 2.41. The molecule has 1 aromatic heterocycles. The van der Waals surface area contributed by atoms with Gasteiger partial charge in [-0.2, -0.15) is 16.9 Å². The van der Waals surface area contributed by atoms with E-state index in [1.807, 2.05) is 18.0 Å². The minimum absolute atomic E-state index is 0.415. The van der Waals surface area contributed by atoms with E-state index in [-0.39, 0.29) is 0 Å². The molecule has 0 radical (unpaired) electrons. The third-order valence-corrected chi connectivity index (χ3v) is 5.00. The van der Waals surface area contributed by atoms with Gasteiger partial charge in [-0.15, -0.1) is 6.42 Å². The maximum absolute atomic E-state index is 5.43. The first-order chi connectivity index (χ1) is 7.81. The van der Waals surface area contributed by atoms with E-state index < -0.39 is 0 Å². The first-order valence-electron chi connectivity index (χ1n) is 5.56. The second-order valence-electron chi connectivity index (χ2n) is 4.82. The maximum atomic E-state index is 5.43. The lowest BCUT2D eigenvalue weighted by molar-refractivity contribution is 0.186. The average Bonchev–Trinajstić information content (AvgIpc) is 2.56. The van der Waals surface area contributed by atoms with Gasteiger partial charge in [0.25, 0.3) is 0 Å². The number of nitrogens with zero attached hydrogens (tertiary/aromatic N) is 3. The lowest BCUT2D eigenvalue weighted by Crippen LogP contribution is -2.47. The molecule has 0 amide bonds. The fourth-order valence-electron chi connectivity index (χ4n) is 2.58. The van der Waals surface area contributed by atoms with Crippen molar-refractivity contribution in [2.24, 2.45) is 5.41 Å². The molecule has 16 heavy (non-hydrogen) atoms. The Morgan fingerprint density at radius 1 is 1.50 bits per heavy atom. The number of fused-ring (bicyclic) bond motifs is 1. The van der Waals surface area contributed by atoms with Crippen molar-refractivity contribution in [2.75, 3.05) is 24.6 Å². The summed E-state index contributed by atoms with van der Waals surface area (Å²) in [5.41, 5.74) is 1.71. The van der Waals surface area contributed by atoms with E-state index in [0.717, 1.165) is 26.2 Å². The zero-order chi connectivity index (χ0) is 11.0. The van der Waals surface area contributed by atoms with Crippen LogP contribution in [0.2, 0.25) is 0 Å². The van der Waals surface area contributed by atoms with Crippen LogP contribution in [0.15, 0.2) is 12.3 Å². The van der Waals surface area contributed by atoms with E-state index >= 15 is 0 Å². The molecule has 1 fully saturated rings. The van der Waals surface area contributed by atoms with Gasteiger partial charge in [-0.25, -0.2) is 0 Å². The Kier molecular flexibility index (Phi) is 2.45. The topological polar surface area (TPSA) is 21.1 Å². The molecule has 1 aromatic rings. The summed E-state index contributed by atoms with van der Waals surface area (Å²) < 4.78 is 2.16. The Bertz CT molecular complexity index is 428. The van der Waals surface area contributed by atoms with Crippen molar-refractivity contribution in [3.8, 4) is 12.3 Å². The maximum Gasteiger partial charge on any atom is 0.0602 e. The number of thioether (sulfide) groups is 1. The Morgan fingerprint density at radius 2 is 2.38 bits per heavy atom. The van der Waals surface area contributed by atoms with Crippen molar-refractivity contribution in [1.29, 1.82) is 0 Å². The van der Waals surface area contributed by atoms with Crippen LogP contribution >= 0.6 is 11.8 Å². The summed E-state index contributed by atoms with van der Waals surface area (Å²) >= 11 is 2.03. The van der Waals surface area contributed by atoms with E-state index in [1.54, 1.807) is 0 Å². The van der Waals surface area contributed by atoms with Gasteiger partial charge in [0.1, 0.15) is 0 Å².